The van der Waals surface area contributed by atoms with Crippen LogP contribution in [0.3, 0.4) is 0 Å². The molecule has 1 aliphatic rings. The van der Waals surface area contributed by atoms with Gasteiger partial charge in [0.1, 0.15) is 4.88 Å². The Morgan fingerprint density at radius 2 is 2.23 bits per heavy atom. The van der Waals surface area contributed by atoms with E-state index in [9.17, 15) is 4.79 Å². The largest absolute Gasteiger partial charge is 0.396 e. The first-order valence-corrected chi connectivity index (χ1v) is 11.1. The van der Waals surface area contributed by atoms with Gasteiger partial charge in [0.25, 0.3) is 5.91 Å². The van der Waals surface area contributed by atoms with Crippen molar-refractivity contribution >= 4 is 58.1 Å². The van der Waals surface area contributed by atoms with E-state index in [0.717, 1.165) is 55.0 Å². The Kier molecular flexibility index (Phi) is 9.99. The summed E-state index contributed by atoms with van der Waals surface area (Å²) in [5.41, 5.74) is 3.15. The average molecular weight is 489 g/mol. The minimum absolute atomic E-state index is 0. The number of amides is 1. The molecule has 2 aromatic heterocycles. The van der Waals surface area contributed by atoms with Crippen molar-refractivity contribution in [2.45, 2.75) is 38.3 Å². The number of hydrogen-bond acceptors (Lipinski definition) is 6. The van der Waals surface area contributed by atoms with Gasteiger partial charge >= 0.3 is 0 Å². The van der Waals surface area contributed by atoms with Crippen LogP contribution >= 0.6 is 36.2 Å². The fourth-order valence-electron chi connectivity index (χ4n) is 3.70. The number of rotatable bonds is 9. The van der Waals surface area contributed by atoms with Crippen molar-refractivity contribution in [1.82, 2.24) is 19.6 Å². The van der Waals surface area contributed by atoms with Crippen molar-refractivity contribution in [1.29, 1.82) is 0 Å². The van der Waals surface area contributed by atoms with Gasteiger partial charge in [-0.25, -0.2) is 4.98 Å². The Balaban J connectivity index is 0.00000171. The Morgan fingerprint density at radius 1 is 1.39 bits per heavy atom. The molecule has 1 saturated heterocycles. The molecule has 0 bridgehead atoms. The van der Waals surface area contributed by atoms with Gasteiger partial charge in [0.15, 0.2) is 4.96 Å². The van der Waals surface area contributed by atoms with Crippen LogP contribution < -0.4 is 5.32 Å². The maximum atomic E-state index is 12.7. The molecule has 3 heterocycles. The zero-order chi connectivity index (χ0) is 20.2. The molecule has 0 unspecified atom stereocenters. The van der Waals surface area contributed by atoms with Crippen LogP contribution in [-0.4, -0.2) is 64.8 Å². The molecule has 2 N–H and O–H groups in total. The van der Waals surface area contributed by atoms with Crippen molar-refractivity contribution in [3.63, 3.8) is 0 Å². The van der Waals surface area contributed by atoms with Crippen molar-refractivity contribution in [3.8, 4) is 0 Å². The Hall–Kier alpha value is -1.42. The standard InChI is InChI=1S/C21H28N4O3S.2ClH/c1-24(8-2-3-9-26)20(27)19-14-25-18-11-15(6-7-17(18)23-21(25)29-19)12-22-13-16-5-4-10-28-16;;/h6-7,11,14,16,22,26H,2-5,8-10,12-13H2,1H3;2*1H/t16-;;/m1../s1. The summed E-state index contributed by atoms with van der Waals surface area (Å²) in [6.45, 7) is 3.33. The second kappa shape index (κ2) is 12.0. The number of nitrogens with zero attached hydrogens (tertiary/aromatic N) is 3. The van der Waals surface area contributed by atoms with Crippen molar-refractivity contribution in [2.75, 3.05) is 33.4 Å². The molecule has 0 aliphatic carbocycles. The number of hydrogen-bond donors (Lipinski definition) is 2. The number of fused-ring (bicyclic) bond motifs is 3. The number of aliphatic hydroxyl groups is 1. The fraction of sp³-hybridized carbons (Fsp3) is 0.524. The minimum atomic E-state index is 0. The third-order valence-electron chi connectivity index (χ3n) is 5.35. The smallest absolute Gasteiger partial charge is 0.265 e. The third kappa shape index (κ3) is 6.09. The zero-order valence-electron chi connectivity index (χ0n) is 17.6. The number of nitrogens with one attached hydrogen (secondary N) is 1. The van der Waals surface area contributed by atoms with Crippen LogP contribution in [0.1, 0.15) is 40.9 Å². The van der Waals surface area contributed by atoms with Crippen molar-refractivity contribution < 1.29 is 14.6 Å². The van der Waals surface area contributed by atoms with Gasteiger partial charge in [-0.2, -0.15) is 0 Å². The molecule has 0 radical (unpaired) electrons. The minimum Gasteiger partial charge on any atom is -0.396 e. The number of carbonyl (C=O) groups excluding carboxylic acids is 1. The first-order chi connectivity index (χ1) is 14.2. The molecular weight excluding hydrogens is 459 g/mol. The molecule has 0 saturated carbocycles. The van der Waals surface area contributed by atoms with Crippen LogP contribution in [0, 0.1) is 0 Å². The molecule has 3 aromatic rings. The van der Waals surface area contributed by atoms with Gasteiger partial charge in [-0.1, -0.05) is 17.4 Å². The molecular formula is C21H30Cl2N4O3S. The van der Waals surface area contributed by atoms with Crippen LogP contribution in [0.4, 0.5) is 0 Å². The Labute approximate surface area is 198 Å². The number of thiazole rings is 1. The number of carbonyl (C=O) groups is 1. The number of imidazole rings is 1. The summed E-state index contributed by atoms with van der Waals surface area (Å²) in [5, 5.41) is 12.4. The first kappa shape index (κ1) is 25.8. The highest BCUT2D eigenvalue weighted by atomic mass is 35.5. The lowest BCUT2D eigenvalue weighted by Crippen LogP contribution is -2.27. The SMILES string of the molecule is CN(CCCCO)C(=O)c1cn2c(nc3ccc(CNC[C@H]4CCCO4)cc32)s1.Cl.Cl. The molecule has 1 amide bonds. The molecule has 31 heavy (non-hydrogen) atoms. The van der Waals surface area contributed by atoms with Crippen LogP contribution in [0.25, 0.3) is 16.0 Å². The lowest BCUT2D eigenvalue weighted by molar-refractivity contribution is 0.0794. The predicted molar refractivity (Wildman–Crippen MR) is 129 cm³/mol. The van der Waals surface area contributed by atoms with Gasteiger partial charge in [0.05, 0.1) is 17.1 Å². The lowest BCUT2D eigenvalue weighted by atomic mass is 10.2. The molecule has 1 aromatic carbocycles. The van der Waals surface area contributed by atoms with Crippen molar-refractivity contribution in [3.05, 3.63) is 34.8 Å². The van der Waals surface area contributed by atoms with Crippen LogP contribution in [-0.2, 0) is 11.3 Å². The summed E-state index contributed by atoms with van der Waals surface area (Å²) >= 11 is 1.42. The molecule has 172 valence electrons. The number of aromatic nitrogens is 2. The lowest BCUT2D eigenvalue weighted by Gasteiger charge is -2.15. The maximum absolute atomic E-state index is 12.7. The van der Waals surface area contributed by atoms with E-state index >= 15 is 0 Å². The van der Waals surface area contributed by atoms with E-state index in [1.54, 1.807) is 11.9 Å². The normalized spacial score (nSPS) is 15.7. The second-order valence-corrected chi connectivity index (χ2v) is 8.62. The van der Waals surface area contributed by atoms with Gasteiger partial charge in [0, 0.05) is 46.1 Å². The van der Waals surface area contributed by atoms with Crippen LogP contribution in [0.2, 0.25) is 0 Å². The fourth-order valence-corrected chi connectivity index (χ4v) is 4.69. The quantitative estimate of drug-likeness (QED) is 0.450. The van der Waals surface area contributed by atoms with E-state index in [2.05, 4.69) is 22.4 Å². The number of benzene rings is 1. The van der Waals surface area contributed by atoms with E-state index in [1.807, 2.05) is 16.7 Å². The van der Waals surface area contributed by atoms with Crippen LogP contribution in [0.5, 0.6) is 0 Å². The highest BCUT2D eigenvalue weighted by molar-refractivity contribution is 7.18. The van der Waals surface area contributed by atoms with Crippen LogP contribution in [0.15, 0.2) is 24.4 Å². The second-order valence-electron chi connectivity index (χ2n) is 7.61. The Morgan fingerprint density at radius 3 is 2.97 bits per heavy atom. The topological polar surface area (TPSA) is 79.1 Å². The molecule has 4 rings (SSSR count). The monoisotopic (exact) mass is 488 g/mol. The maximum Gasteiger partial charge on any atom is 0.265 e. The highest BCUT2D eigenvalue weighted by Crippen LogP contribution is 2.25. The van der Waals surface area contributed by atoms with Gasteiger partial charge in [-0.05, 0) is 43.4 Å². The molecule has 1 fully saturated rings. The van der Waals surface area contributed by atoms with Gasteiger partial charge in [-0.3, -0.25) is 9.20 Å². The van der Waals surface area contributed by atoms with Crippen molar-refractivity contribution in [2.24, 2.45) is 0 Å². The van der Waals surface area contributed by atoms with E-state index in [1.165, 1.54) is 16.9 Å². The molecule has 0 spiro atoms. The number of aliphatic hydroxyl groups excluding tert-OH is 1. The number of halogens is 2. The predicted octanol–water partition coefficient (Wildman–Crippen LogP) is 3.51. The number of unbranched alkanes of at least 4 members (excludes halogenated alkanes) is 1. The van der Waals surface area contributed by atoms with Gasteiger partial charge in [-0.15, -0.1) is 24.8 Å². The molecule has 10 heteroatoms. The molecule has 7 nitrogen and oxygen atoms in total. The first-order valence-electron chi connectivity index (χ1n) is 10.2. The van der Waals surface area contributed by atoms with E-state index in [-0.39, 0.29) is 37.3 Å². The molecule has 1 aliphatic heterocycles. The zero-order valence-corrected chi connectivity index (χ0v) is 20.0. The average Bonchev–Trinajstić information content (AvgIpc) is 3.44. The van der Waals surface area contributed by atoms with Gasteiger partial charge < -0.3 is 20.1 Å². The van der Waals surface area contributed by atoms with E-state index < -0.39 is 0 Å². The summed E-state index contributed by atoms with van der Waals surface area (Å²) in [6, 6.07) is 6.29. The Bertz CT molecular complexity index is 988. The summed E-state index contributed by atoms with van der Waals surface area (Å²) in [4.78, 5) is 20.6. The molecule has 1 atom stereocenters. The summed E-state index contributed by atoms with van der Waals surface area (Å²) in [6.07, 6.45) is 6.02. The summed E-state index contributed by atoms with van der Waals surface area (Å²) < 4.78 is 7.67. The third-order valence-corrected chi connectivity index (χ3v) is 6.32. The van der Waals surface area contributed by atoms with E-state index in [0.29, 0.717) is 23.9 Å². The van der Waals surface area contributed by atoms with Gasteiger partial charge in [0.2, 0.25) is 0 Å². The summed E-state index contributed by atoms with van der Waals surface area (Å²) in [5.74, 6) is 0.000902. The summed E-state index contributed by atoms with van der Waals surface area (Å²) in [7, 11) is 1.80. The number of ether oxygens (including phenoxy) is 1. The highest BCUT2D eigenvalue weighted by Gasteiger charge is 2.18. The van der Waals surface area contributed by atoms with E-state index in [4.69, 9.17) is 9.84 Å².